The molecule has 1 aliphatic heterocycles. The number of rotatable bonds is 27. The number of nitrogens with two attached hydrogens (primary N) is 2. The van der Waals surface area contributed by atoms with Gasteiger partial charge in [-0.25, -0.2) is 9.18 Å². The third kappa shape index (κ3) is 28.8. The Morgan fingerprint density at radius 3 is 1.77 bits per heavy atom. The molecule has 2 fully saturated rings. The Bertz CT molecular complexity index is 4920. The van der Waals surface area contributed by atoms with Crippen LogP contribution >= 0.6 is 0 Å². The number of H-pyrrole nitrogens is 2. The molecule has 1 saturated carbocycles. The first-order valence-corrected chi connectivity index (χ1v) is 41.2. The van der Waals surface area contributed by atoms with Gasteiger partial charge in [-0.05, 0) is 166 Å². The smallest absolute Gasteiger partial charge is 0.490 e. The Morgan fingerprint density at radius 1 is 0.600 bits per heavy atom. The number of nitrogens with zero attached hydrogens (tertiary/aromatic N) is 4. The first-order valence-electron chi connectivity index (χ1n) is 41.2. The summed E-state index contributed by atoms with van der Waals surface area (Å²) in [6.45, 7) is 0.142. The highest BCUT2D eigenvalue weighted by molar-refractivity contribution is 6.00. The van der Waals surface area contributed by atoms with Crippen molar-refractivity contribution in [1.29, 1.82) is 0 Å². The number of hydrogen-bond donors (Lipinski definition) is 16. The minimum Gasteiger partial charge on any atom is -0.508 e. The van der Waals surface area contributed by atoms with Crippen molar-refractivity contribution in [2.45, 2.75) is 189 Å². The van der Waals surface area contributed by atoms with E-state index < -0.39 is 168 Å². The summed E-state index contributed by atoms with van der Waals surface area (Å²) < 4.78 is 46.2. The molecule has 2 aromatic heterocycles. The number of phenols is 2. The summed E-state index contributed by atoms with van der Waals surface area (Å²) in [6.07, 6.45) is -1.22. The van der Waals surface area contributed by atoms with Crippen molar-refractivity contribution in [2.75, 3.05) is 54.4 Å². The summed E-state index contributed by atoms with van der Waals surface area (Å²) in [5.74, 6) is -14.8. The standard InChI is InChI=1S/C85H109FN16O16.C2HF3O2/c1-50(104)89-40-16-14-22-69-80(113)96-66(44-56-47-91-63-37-36-59(106)45-61(56)63)78(111)95-67(43-55-46-90-62-20-10-9-19-60(55)62)79(112)98-75(54-30-31-54)85(118)102(5)72(84(117)101(4)71(42-53-25-32-57(86)33-26-53)81(114)94-64(76(88)109)21-13-15-39-87)48-92-73(107)23-11-12-24-74(108)93-65(41-52-27-34-58(105)35-28-52)77(110)97-68(49-103)82(115)100(3)70(83(116)99(69)2)38-29-51-17-7-6-8-18-51;3-2(4,5)1(6)7/h6-10,17-20,25-28,32-37,45-47,54,64-72,75,90-91,103,105-106H,11-16,21-24,29-31,38-44,48-49,87H2,1-5H3,(H2,88,109)(H,89,104)(H,92,107)(H,93,108)(H,94,114)(H,95,111)(H,96,113)(H,97,110)(H,98,112);(H,6,7)/t64-,65-,66-,67-,68-,69-,70-,71-,72-,75-;/m0./s1. The third-order valence-corrected chi connectivity index (χ3v) is 22.0. The number of aromatic nitrogens is 2. The highest BCUT2D eigenvalue weighted by atomic mass is 19.4. The Labute approximate surface area is 718 Å². The Hall–Kier alpha value is -13.0. The lowest BCUT2D eigenvalue weighted by Gasteiger charge is -2.36. The van der Waals surface area contributed by atoms with Crippen LogP contribution in [-0.2, 0) is 99.2 Å². The number of unbranched alkanes of at least 4 members (excludes halogenated alkanes) is 2. The van der Waals surface area contributed by atoms with Crippen molar-refractivity contribution in [3.05, 3.63) is 167 Å². The van der Waals surface area contributed by atoms with Gasteiger partial charge < -0.3 is 104 Å². The number of primary amides is 1. The largest absolute Gasteiger partial charge is 0.508 e. The van der Waals surface area contributed by atoms with Crippen molar-refractivity contribution >= 4 is 105 Å². The minimum atomic E-state index is -5.08. The summed E-state index contributed by atoms with van der Waals surface area (Å²) in [5.41, 5.74) is 15.3. The minimum absolute atomic E-state index is 0.0320. The number of phenolic OH excluding ortho intramolecular Hbond substituents is 2. The molecule has 2 aliphatic rings. The Morgan fingerprint density at radius 2 is 1.16 bits per heavy atom. The number of fused-ring (bicyclic) bond motifs is 2. The second-order valence-electron chi connectivity index (χ2n) is 31.2. The first kappa shape index (κ1) is 97.4. The fraction of sp³-hybridized carbons (Fsp3) is 0.448. The van der Waals surface area contributed by atoms with Crippen LogP contribution in [0.15, 0.2) is 134 Å². The van der Waals surface area contributed by atoms with Gasteiger partial charge in [0.25, 0.3) is 0 Å². The number of aromatic hydroxyl groups is 2. The van der Waals surface area contributed by atoms with Crippen LogP contribution in [0, 0.1) is 11.7 Å². The van der Waals surface area contributed by atoms with Crippen LogP contribution in [0.5, 0.6) is 11.5 Å². The van der Waals surface area contributed by atoms with E-state index in [-0.39, 0.29) is 114 Å². The van der Waals surface area contributed by atoms with Crippen molar-refractivity contribution < 1.29 is 105 Å². The lowest BCUT2D eigenvalue weighted by atomic mass is 9.99. The third-order valence-electron chi connectivity index (χ3n) is 22.0. The fourth-order valence-electron chi connectivity index (χ4n) is 14.7. The van der Waals surface area contributed by atoms with Gasteiger partial charge in [-0.1, -0.05) is 72.8 Å². The molecule has 0 bridgehead atoms. The first-order chi connectivity index (χ1) is 59.5. The van der Waals surface area contributed by atoms with Crippen molar-refractivity contribution in [3.8, 4) is 11.5 Å². The van der Waals surface area contributed by atoms with Gasteiger partial charge in [0.2, 0.25) is 76.8 Å². The lowest BCUT2D eigenvalue weighted by Crippen LogP contribution is -2.63. The van der Waals surface area contributed by atoms with E-state index in [9.17, 15) is 61.6 Å². The lowest BCUT2D eigenvalue weighted by molar-refractivity contribution is -0.192. The van der Waals surface area contributed by atoms with Crippen molar-refractivity contribution in [1.82, 2.24) is 72.1 Å². The zero-order valence-corrected chi connectivity index (χ0v) is 70.1. The molecule has 125 heavy (non-hydrogen) atoms. The molecule has 38 heteroatoms. The van der Waals surface area contributed by atoms with Gasteiger partial charge in [0.15, 0.2) is 0 Å². The predicted octanol–water partition coefficient (Wildman–Crippen LogP) is 2.97. The van der Waals surface area contributed by atoms with E-state index in [0.717, 1.165) is 37.3 Å². The number of hydrogen-bond acceptors (Lipinski definition) is 18. The highest BCUT2D eigenvalue weighted by Gasteiger charge is 2.46. The van der Waals surface area contributed by atoms with E-state index in [1.807, 2.05) is 12.1 Å². The number of para-hydroxylation sites is 1. The molecule has 674 valence electrons. The maximum atomic E-state index is 15.9. The molecule has 18 N–H and O–H groups in total. The average molecular weight is 1740 g/mol. The molecular weight excluding hydrogens is 1630 g/mol. The Balaban J connectivity index is 0.00000265. The predicted molar refractivity (Wildman–Crippen MR) is 450 cm³/mol. The number of likely N-dealkylation sites (N-methyl/N-ethyl adjacent to an activating group) is 4. The molecule has 0 radical (unpaired) electrons. The SMILES string of the molecule is CC(=O)NCCCC[C@H]1C(=O)N[C@@H](Cc2c[nH]c3ccc(O)cc23)C(=O)N[C@@H](Cc2c[nH]c3ccccc23)C(=O)N[C@@H](C2CC2)C(=O)N(C)[C@H](C(=O)N(C)[C@@H](Cc2ccc(F)cc2)C(=O)N[C@@H](CCCCN)C(N)=O)CNC(=O)CCCCC(=O)N[C@@H](Cc2ccc(O)cc2)C(=O)N[C@@H](CO)C(=O)N(C)[C@@H](CCc2ccccc2)C(=O)N1C.O=C(O)C(F)(F)F. The van der Waals surface area contributed by atoms with Crippen LogP contribution in [0.2, 0.25) is 0 Å². The van der Waals surface area contributed by atoms with E-state index in [0.29, 0.717) is 76.2 Å². The maximum absolute atomic E-state index is 15.9. The average Bonchev–Trinajstić information content (AvgIpc) is 1.76. The van der Waals surface area contributed by atoms with Crippen LogP contribution in [0.4, 0.5) is 17.6 Å². The topological polar surface area (TPSA) is 513 Å². The van der Waals surface area contributed by atoms with Crippen molar-refractivity contribution in [2.24, 2.45) is 17.4 Å². The van der Waals surface area contributed by atoms with Gasteiger partial charge in [-0.3, -0.25) is 62.3 Å². The number of aromatic amines is 2. The molecule has 0 spiro atoms. The van der Waals surface area contributed by atoms with Crippen LogP contribution in [0.3, 0.4) is 0 Å². The number of aliphatic hydroxyl groups excluding tert-OH is 1. The summed E-state index contributed by atoms with van der Waals surface area (Å²) in [4.78, 5) is 212. The van der Waals surface area contributed by atoms with Gasteiger partial charge in [0.1, 0.15) is 77.7 Å². The molecule has 0 unspecified atom stereocenters. The normalized spacial score (nSPS) is 20.4. The summed E-state index contributed by atoms with van der Waals surface area (Å²) >= 11 is 0. The zero-order chi connectivity index (χ0) is 91.4. The molecule has 1 aliphatic carbocycles. The number of aliphatic carboxylic acids is 1. The van der Waals surface area contributed by atoms with Gasteiger partial charge in [0.05, 0.1) is 6.61 Å². The number of amides is 13. The number of carboxylic acids is 1. The van der Waals surface area contributed by atoms with Crippen LogP contribution in [-0.4, -0.2) is 254 Å². The van der Waals surface area contributed by atoms with E-state index in [1.54, 1.807) is 60.9 Å². The molecule has 10 atom stereocenters. The second-order valence-corrected chi connectivity index (χ2v) is 31.2. The second kappa shape index (κ2) is 46.5. The molecule has 3 heterocycles. The molecule has 34 nitrogen and oxygen atoms in total. The number of carbonyl (C=O) groups is 14. The number of nitrogens with one attached hydrogen (secondary N) is 10. The van der Waals surface area contributed by atoms with Crippen LogP contribution in [0.1, 0.15) is 118 Å². The monoisotopic (exact) mass is 1740 g/mol. The maximum Gasteiger partial charge on any atom is 0.490 e. The number of halogens is 4. The molecule has 13 amide bonds. The van der Waals surface area contributed by atoms with Crippen molar-refractivity contribution in [3.63, 3.8) is 0 Å². The van der Waals surface area contributed by atoms with Crippen LogP contribution < -0.4 is 54.0 Å². The fourth-order valence-corrected chi connectivity index (χ4v) is 14.7. The van der Waals surface area contributed by atoms with E-state index in [4.69, 9.17) is 21.4 Å². The van der Waals surface area contributed by atoms with Gasteiger partial charge >= 0.3 is 12.1 Å². The van der Waals surface area contributed by atoms with Gasteiger partial charge in [-0.2, -0.15) is 13.2 Å². The molecule has 7 aromatic rings. The number of carboxylic acid groups (broad SMARTS) is 1. The van der Waals surface area contributed by atoms with E-state index in [1.165, 1.54) is 83.6 Å². The number of benzene rings is 5. The number of alkyl halides is 3. The summed E-state index contributed by atoms with van der Waals surface area (Å²) in [5, 5.41) is 62.4. The zero-order valence-electron chi connectivity index (χ0n) is 70.1. The van der Waals surface area contributed by atoms with E-state index >= 15 is 33.6 Å². The Kier molecular flexibility index (Phi) is 36.2. The van der Waals surface area contributed by atoms with Gasteiger partial charge in [0, 0.05) is 121 Å². The van der Waals surface area contributed by atoms with Crippen LogP contribution in [0.25, 0.3) is 21.8 Å². The number of carbonyl (C=O) groups excluding carboxylic acids is 13. The quantitative estimate of drug-likeness (QED) is 0.0260. The molecule has 9 rings (SSSR count). The molecule has 1 saturated heterocycles. The number of aliphatic hydroxyl groups is 1. The van der Waals surface area contributed by atoms with Gasteiger partial charge in [-0.15, -0.1) is 0 Å². The highest BCUT2D eigenvalue weighted by Crippen LogP contribution is 2.35. The molecule has 5 aromatic carbocycles. The number of aryl methyl sites for hydroxylation is 1. The summed E-state index contributed by atoms with van der Waals surface area (Å²) in [6, 6.07) is 16.3. The summed E-state index contributed by atoms with van der Waals surface area (Å²) in [7, 11) is 5.20. The van der Waals surface area contributed by atoms with E-state index in [2.05, 4.69) is 52.5 Å². The molecular formula is C87H110F4N16O18.